The van der Waals surface area contributed by atoms with E-state index in [0.29, 0.717) is 11.7 Å². The summed E-state index contributed by atoms with van der Waals surface area (Å²) in [6.45, 7) is 8.54. The molecule has 0 aromatic carbocycles. The zero-order chi connectivity index (χ0) is 19.9. The molecule has 1 saturated heterocycles. The molecule has 7 nitrogen and oxygen atoms in total. The molecule has 2 aromatic rings. The van der Waals surface area contributed by atoms with Crippen molar-refractivity contribution >= 4 is 17.1 Å². The molecule has 0 aliphatic carbocycles. The highest BCUT2D eigenvalue weighted by atomic mass is 16.5. The van der Waals surface area contributed by atoms with Gasteiger partial charge in [0.1, 0.15) is 19.2 Å². The van der Waals surface area contributed by atoms with E-state index in [9.17, 15) is 4.79 Å². The van der Waals surface area contributed by atoms with Gasteiger partial charge in [0.15, 0.2) is 5.65 Å². The number of rotatable bonds is 9. The lowest BCUT2D eigenvalue weighted by Crippen LogP contribution is -2.50. The van der Waals surface area contributed by atoms with Gasteiger partial charge in [-0.1, -0.05) is 13.8 Å². The molecular formula is C21H34N5O2+. The van der Waals surface area contributed by atoms with Crippen molar-refractivity contribution in [2.75, 3.05) is 33.4 Å². The van der Waals surface area contributed by atoms with E-state index in [4.69, 9.17) is 4.98 Å². The molecule has 2 N–H and O–H groups in total. The van der Waals surface area contributed by atoms with E-state index in [1.54, 1.807) is 6.20 Å². The number of amides is 1. The first-order valence-electron chi connectivity index (χ1n) is 10.5. The summed E-state index contributed by atoms with van der Waals surface area (Å²) >= 11 is 0. The second kappa shape index (κ2) is 9.98. The molecule has 3 rings (SSSR count). The molecule has 1 aliphatic rings. The van der Waals surface area contributed by atoms with E-state index in [0.717, 1.165) is 69.6 Å². The van der Waals surface area contributed by atoms with E-state index >= 15 is 0 Å². The van der Waals surface area contributed by atoms with Crippen LogP contribution in [0.1, 0.15) is 50.1 Å². The number of unbranched alkanes of at least 4 members (excludes halogenated alkanes) is 1. The fourth-order valence-electron chi connectivity index (χ4n) is 3.89. The molecule has 3 heterocycles. The molecular weight excluding hydrogens is 354 g/mol. The molecule has 0 radical (unpaired) electrons. The number of fused-ring (bicyclic) bond motifs is 1. The van der Waals surface area contributed by atoms with E-state index in [1.165, 1.54) is 0 Å². The second-order valence-corrected chi connectivity index (χ2v) is 8.03. The minimum atomic E-state index is 0.0283. The Hall–Kier alpha value is -1.99. The monoisotopic (exact) mass is 388 g/mol. The molecule has 0 saturated carbocycles. The minimum Gasteiger partial charge on any atom is -0.436 e. The summed E-state index contributed by atoms with van der Waals surface area (Å²) in [5, 5.41) is 3.44. The van der Waals surface area contributed by atoms with E-state index in [1.807, 2.05) is 28.7 Å². The summed E-state index contributed by atoms with van der Waals surface area (Å²) in [4.78, 5) is 24.9. The first-order valence-corrected chi connectivity index (χ1v) is 10.5. The van der Waals surface area contributed by atoms with Crippen molar-refractivity contribution in [3.63, 3.8) is 0 Å². The van der Waals surface area contributed by atoms with E-state index < -0.39 is 0 Å². The Morgan fingerprint density at radius 3 is 3.00 bits per heavy atom. The summed E-state index contributed by atoms with van der Waals surface area (Å²) in [7, 11) is 1.84. The van der Waals surface area contributed by atoms with Crippen molar-refractivity contribution in [2.24, 2.45) is 5.92 Å². The molecule has 0 unspecified atom stereocenters. The third-order valence-electron chi connectivity index (χ3n) is 5.24. The van der Waals surface area contributed by atoms with Crippen LogP contribution in [0.2, 0.25) is 0 Å². The number of ether oxygens (including phenoxy) is 1. The predicted octanol–water partition coefficient (Wildman–Crippen LogP) is 2.22. The van der Waals surface area contributed by atoms with Gasteiger partial charge in [-0.2, -0.15) is 0 Å². The lowest BCUT2D eigenvalue weighted by Gasteiger charge is -2.35. The second-order valence-electron chi connectivity index (χ2n) is 8.03. The lowest BCUT2D eigenvalue weighted by atomic mass is 10.0. The summed E-state index contributed by atoms with van der Waals surface area (Å²) < 4.78 is 6.18. The van der Waals surface area contributed by atoms with Crippen molar-refractivity contribution in [3.05, 3.63) is 24.2 Å². The Balaban J connectivity index is 1.90. The van der Waals surface area contributed by atoms with Crippen molar-refractivity contribution in [2.45, 2.75) is 52.1 Å². The van der Waals surface area contributed by atoms with Crippen LogP contribution in [-0.4, -0.2) is 69.5 Å². The molecule has 1 atom stereocenters. The van der Waals surface area contributed by atoms with Crippen molar-refractivity contribution in [1.82, 2.24) is 24.8 Å². The average molecular weight is 389 g/mol. The molecule has 0 bridgehead atoms. The normalized spacial score (nSPS) is 17.4. The fraction of sp³-hybridized carbons (Fsp3) is 0.667. The number of carbonyl (C=O) groups is 1. The summed E-state index contributed by atoms with van der Waals surface area (Å²) in [6.07, 6.45) is 5.87. The first kappa shape index (κ1) is 20.7. The van der Waals surface area contributed by atoms with Gasteiger partial charge in [-0.25, -0.2) is 9.97 Å². The molecule has 1 amide bonds. The third-order valence-corrected chi connectivity index (χ3v) is 5.24. The van der Waals surface area contributed by atoms with Gasteiger partial charge in [0.25, 0.3) is 5.91 Å². The van der Waals surface area contributed by atoms with Crippen LogP contribution in [0, 0.1) is 5.92 Å². The Labute approximate surface area is 167 Å². The van der Waals surface area contributed by atoms with Crippen LogP contribution in [-0.2, 0) is 6.54 Å². The van der Waals surface area contributed by atoms with E-state index in [-0.39, 0.29) is 11.9 Å². The van der Waals surface area contributed by atoms with Crippen LogP contribution in [0.4, 0.5) is 0 Å². The smallest absolute Gasteiger partial charge is 0.290 e. The molecule has 1 fully saturated rings. The quantitative estimate of drug-likeness (QED) is 0.528. The van der Waals surface area contributed by atoms with Gasteiger partial charge in [-0.15, -0.1) is 0 Å². The van der Waals surface area contributed by atoms with Crippen molar-refractivity contribution < 1.29 is 9.53 Å². The Kier molecular flexibility index (Phi) is 7.39. The standard InChI is InChI=1S/C21H33N5O2/c1-16(2)15-26(17-8-6-10-22-14-17)21(27)20-24-18-9-7-11-23-19(18)25(20)12-4-5-13-28-3/h7,9,11,16-17,22H,4-6,8,10,12-15H2,1-3H3/p+1/t17-/m0/s1. The molecule has 28 heavy (non-hydrogen) atoms. The van der Waals surface area contributed by atoms with Gasteiger partial charge in [-0.05, 0) is 43.9 Å². The highest BCUT2D eigenvalue weighted by Crippen LogP contribution is 2.20. The van der Waals surface area contributed by atoms with Crippen molar-refractivity contribution in [3.8, 4) is 0 Å². The van der Waals surface area contributed by atoms with Crippen LogP contribution in [0.3, 0.4) is 0 Å². The lowest BCUT2D eigenvalue weighted by molar-refractivity contribution is 0.0123. The zero-order valence-corrected chi connectivity index (χ0v) is 17.4. The molecule has 0 spiro atoms. The number of hydrogen-bond donors (Lipinski definition) is 1. The zero-order valence-electron chi connectivity index (χ0n) is 17.4. The summed E-state index contributed by atoms with van der Waals surface area (Å²) in [5.41, 5.74) is 1.59. The number of hydrogen-bond acceptors (Lipinski definition) is 4. The number of aliphatic hydroxyl groups is 2. The maximum atomic E-state index is 13.6. The molecule has 2 aromatic heterocycles. The number of piperidine rings is 1. The van der Waals surface area contributed by atoms with Gasteiger partial charge >= 0.3 is 0 Å². The number of aromatic nitrogens is 3. The van der Waals surface area contributed by atoms with Gasteiger partial charge in [0.2, 0.25) is 5.82 Å². The number of nitrogens with zero attached hydrogens (tertiary/aromatic N) is 4. The SMILES string of the molecule is C[OH+]CCCCn1c(C(=O)N(CC(C)C)[C@H]2CCCNC2)nc2cccnc21. The number of nitrogens with one attached hydrogen (secondary N) is 1. The number of imidazole rings is 1. The predicted molar refractivity (Wildman–Crippen MR) is 112 cm³/mol. The Bertz CT molecular complexity index is 767. The topological polar surface area (TPSA) is 75.8 Å². The van der Waals surface area contributed by atoms with Gasteiger partial charge in [0, 0.05) is 38.3 Å². The summed E-state index contributed by atoms with van der Waals surface area (Å²) in [5.74, 6) is 0.960. The maximum absolute atomic E-state index is 13.6. The van der Waals surface area contributed by atoms with Crippen LogP contribution < -0.4 is 5.32 Å². The van der Waals surface area contributed by atoms with Crippen LogP contribution in [0.25, 0.3) is 11.2 Å². The number of aryl methyl sites for hydroxylation is 1. The fourth-order valence-corrected chi connectivity index (χ4v) is 3.89. The number of carbonyl (C=O) groups excluding carboxylic acids is 1. The molecule has 1 aliphatic heterocycles. The average Bonchev–Trinajstić information content (AvgIpc) is 3.08. The van der Waals surface area contributed by atoms with E-state index in [2.05, 4.69) is 28.9 Å². The summed E-state index contributed by atoms with van der Waals surface area (Å²) in [6, 6.07) is 4.04. The Morgan fingerprint density at radius 1 is 1.43 bits per heavy atom. The minimum absolute atomic E-state index is 0.0283. The van der Waals surface area contributed by atoms with Crippen LogP contribution in [0.15, 0.2) is 18.3 Å². The largest absolute Gasteiger partial charge is 0.436 e. The molecule has 154 valence electrons. The van der Waals surface area contributed by atoms with Gasteiger partial charge in [0.05, 0.1) is 0 Å². The highest BCUT2D eigenvalue weighted by Gasteiger charge is 2.30. The van der Waals surface area contributed by atoms with Gasteiger partial charge in [-0.3, -0.25) is 4.79 Å². The number of pyridine rings is 1. The van der Waals surface area contributed by atoms with Crippen LogP contribution >= 0.6 is 0 Å². The van der Waals surface area contributed by atoms with Gasteiger partial charge < -0.3 is 19.5 Å². The third kappa shape index (κ3) is 4.89. The van der Waals surface area contributed by atoms with Crippen molar-refractivity contribution in [1.29, 1.82) is 0 Å². The first-order chi connectivity index (χ1) is 13.6. The highest BCUT2D eigenvalue weighted by molar-refractivity contribution is 5.94. The molecule has 7 heteroatoms. The Morgan fingerprint density at radius 2 is 2.29 bits per heavy atom. The van der Waals surface area contributed by atoms with Crippen LogP contribution in [0.5, 0.6) is 0 Å². The maximum Gasteiger partial charge on any atom is 0.290 e.